The molecule has 0 fully saturated rings. The van der Waals surface area contributed by atoms with Crippen LogP contribution in [0.2, 0.25) is 0 Å². The third-order valence-corrected chi connectivity index (χ3v) is 3.45. The number of rotatable bonds is 4. The fourth-order valence-corrected chi connectivity index (χ4v) is 2.28. The SMILES string of the molecule is Cn1c(=O)c(C(=O)CCC(=O)O)c(O)c2ncc(Br)cc21. The standard InChI is InChI=1S/C13H11BrN2O5/c1-16-7-4-6(14)5-15-11(7)12(20)10(13(16)21)8(17)2-3-9(18)19/h4-5,20H,2-3H2,1H3,(H,18,19). The molecule has 0 bridgehead atoms. The highest BCUT2D eigenvalue weighted by Crippen LogP contribution is 2.26. The summed E-state index contributed by atoms with van der Waals surface area (Å²) >= 11 is 3.21. The number of hydrogen-bond donors (Lipinski definition) is 2. The van der Waals surface area contributed by atoms with Gasteiger partial charge in [0.2, 0.25) is 0 Å². The number of Topliss-reactive ketones (excluding diaryl/α,β-unsaturated/α-hetero) is 1. The molecule has 0 amide bonds. The van der Waals surface area contributed by atoms with Crippen LogP contribution in [0.25, 0.3) is 11.0 Å². The summed E-state index contributed by atoms with van der Waals surface area (Å²) in [5.74, 6) is -2.39. The fraction of sp³-hybridized carbons (Fsp3) is 0.231. The van der Waals surface area contributed by atoms with Crippen molar-refractivity contribution in [1.82, 2.24) is 9.55 Å². The second kappa shape index (κ2) is 5.65. The number of carbonyl (C=O) groups excluding carboxylic acids is 1. The van der Waals surface area contributed by atoms with E-state index in [9.17, 15) is 19.5 Å². The van der Waals surface area contributed by atoms with Crippen molar-refractivity contribution in [3.8, 4) is 5.75 Å². The predicted molar refractivity (Wildman–Crippen MR) is 77.5 cm³/mol. The van der Waals surface area contributed by atoms with Gasteiger partial charge in [-0.1, -0.05) is 0 Å². The Labute approximate surface area is 127 Å². The molecule has 0 aromatic carbocycles. The van der Waals surface area contributed by atoms with Crippen molar-refractivity contribution in [3.05, 3.63) is 32.7 Å². The first kappa shape index (κ1) is 15.2. The van der Waals surface area contributed by atoms with Crippen molar-refractivity contribution in [2.45, 2.75) is 12.8 Å². The molecule has 8 heteroatoms. The van der Waals surface area contributed by atoms with E-state index in [2.05, 4.69) is 20.9 Å². The highest BCUT2D eigenvalue weighted by molar-refractivity contribution is 9.10. The predicted octanol–water partition coefficient (Wildman–Crippen LogP) is 1.45. The van der Waals surface area contributed by atoms with E-state index in [4.69, 9.17) is 5.11 Å². The Kier molecular flexibility index (Phi) is 4.08. The summed E-state index contributed by atoms with van der Waals surface area (Å²) in [6.45, 7) is 0. The van der Waals surface area contributed by atoms with Crippen LogP contribution >= 0.6 is 15.9 Å². The van der Waals surface area contributed by atoms with Gasteiger partial charge >= 0.3 is 5.97 Å². The molecule has 2 rings (SSSR count). The van der Waals surface area contributed by atoms with Crippen molar-refractivity contribution in [2.75, 3.05) is 0 Å². The fourth-order valence-electron chi connectivity index (χ4n) is 1.96. The number of pyridine rings is 2. The number of hydrogen-bond acceptors (Lipinski definition) is 5. The van der Waals surface area contributed by atoms with Crippen molar-refractivity contribution < 1.29 is 19.8 Å². The van der Waals surface area contributed by atoms with Crippen LogP contribution in [0.4, 0.5) is 0 Å². The number of carboxylic acid groups (broad SMARTS) is 1. The Morgan fingerprint density at radius 2 is 2.05 bits per heavy atom. The quantitative estimate of drug-likeness (QED) is 0.804. The molecule has 0 unspecified atom stereocenters. The maximum absolute atomic E-state index is 12.2. The molecular formula is C13H11BrN2O5. The molecule has 7 nitrogen and oxygen atoms in total. The molecule has 2 heterocycles. The molecular weight excluding hydrogens is 344 g/mol. The molecule has 0 radical (unpaired) electrons. The second-order valence-corrected chi connectivity index (χ2v) is 5.34. The number of aliphatic carboxylic acids is 1. The van der Waals surface area contributed by atoms with Crippen LogP contribution in [0.15, 0.2) is 21.5 Å². The van der Waals surface area contributed by atoms with Gasteiger partial charge in [-0.2, -0.15) is 0 Å². The van der Waals surface area contributed by atoms with Gasteiger partial charge in [0.05, 0.1) is 11.9 Å². The van der Waals surface area contributed by atoms with E-state index in [1.165, 1.54) is 17.8 Å². The third-order valence-electron chi connectivity index (χ3n) is 3.02. The summed E-state index contributed by atoms with van der Waals surface area (Å²) in [4.78, 5) is 38.7. The number of carbonyl (C=O) groups is 2. The lowest BCUT2D eigenvalue weighted by molar-refractivity contribution is -0.136. The van der Waals surface area contributed by atoms with Gasteiger partial charge in [0.25, 0.3) is 5.56 Å². The second-order valence-electron chi connectivity index (χ2n) is 4.43. The highest BCUT2D eigenvalue weighted by Gasteiger charge is 2.22. The van der Waals surface area contributed by atoms with Crippen LogP contribution in [0.5, 0.6) is 5.75 Å². The first-order chi connectivity index (χ1) is 9.82. The van der Waals surface area contributed by atoms with E-state index >= 15 is 0 Å². The average molecular weight is 355 g/mol. The van der Waals surface area contributed by atoms with Gasteiger partial charge in [-0.05, 0) is 22.0 Å². The zero-order valence-corrected chi connectivity index (χ0v) is 12.5. The summed E-state index contributed by atoms with van der Waals surface area (Å²) < 4.78 is 1.82. The number of ketones is 1. The minimum Gasteiger partial charge on any atom is -0.505 e. The maximum Gasteiger partial charge on any atom is 0.303 e. The Balaban J connectivity index is 2.65. The van der Waals surface area contributed by atoms with E-state index in [0.717, 1.165) is 0 Å². The van der Waals surface area contributed by atoms with Crippen LogP contribution in [0.1, 0.15) is 23.2 Å². The number of halogens is 1. The van der Waals surface area contributed by atoms with Gasteiger partial charge in [0, 0.05) is 24.1 Å². The summed E-state index contributed by atoms with van der Waals surface area (Å²) in [6.07, 6.45) is 0.658. The largest absolute Gasteiger partial charge is 0.505 e. The van der Waals surface area contributed by atoms with Crippen LogP contribution in [-0.2, 0) is 11.8 Å². The van der Waals surface area contributed by atoms with E-state index in [1.807, 2.05) is 0 Å². The molecule has 0 saturated carbocycles. The van der Waals surface area contributed by atoms with Crippen molar-refractivity contribution >= 4 is 38.7 Å². The van der Waals surface area contributed by atoms with E-state index in [-0.39, 0.29) is 11.9 Å². The van der Waals surface area contributed by atoms with Gasteiger partial charge in [-0.3, -0.25) is 14.4 Å². The molecule has 0 saturated heterocycles. The average Bonchev–Trinajstić information content (AvgIpc) is 2.42. The Bertz CT molecular complexity index is 812. The highest BCUT2D eigenvalue weighted by atomic mass is 79.9. The molecule has 21 heavy (non-hydrogen) atoms. The van der Waals surface area contributed by atoms with Gasteiger partial charge in [-0.25, -0.2) is 4.98 Å². The topological polar surface area (TPSA) is 109 Å². The lowest BCUT2D eigenvalue weighted by atomic mass is 10.1. The maximum atomic E-state index is 12.2. The van der Waals surface area contributed by atoms with Crippen LogP contribution in [0, 0.1) is 0 Å². The van der Waals surface area contributed by atoms with Crippen molar-refractivity contribution in [1.29, 1.82) is 0 Å². The number of nitrogens with zero attached hydrogens (tertiary/aromatic N) is 2. The van der Waals surface area contributed by atoms with Gasteiger partial charge < -0.3 is 14.8 Å². The van der Waals surface area contributed by atoms with Crippen molar-refractivity contribution in [2.24, 2.45) is 7.05 Å². The smallest absolute Gasteiger partial charge is 0.303 e. The van der Waals surface area contributed by atoms with Gasteiger partial charge in [0.1, 0.15) is 11.1 Å². The number of aromatic nitrogens is 2. The summed E-state index contributed by atoms with van der Waals surface area (Å²) in [7, 11) is 1.45. The Morgan fingerprint density at radius 3 is 2.67 bits per heavy atom. The molecule has 0 spiro atoms. The first-order valence-electron chi connectivity index (χ1n) is 5.95. The monoisotopic (exact) mass is 354 g/mol. The van der Waals surface area contributed by atoms with Crippen LogP contribution in [0.3, 0.4) is 0 Å². The number of fused-ring (bicyclic) bond motifs is 1. The van der Waals surface area contributed by atoms with E-state index in [0.29, 0.717) is 9.99 Å². The molecule has 0 aliphatic heterocycles. The molecule has 2 aromatic rings. The minimum absolute atomic E-state index is 0.110. The minimum atomic E-state index is -1.15. The molecule has 0 atom stereocenters. The Morgan fingerprint density at radius 1 is 1.38 bits per heavy atom. The summed E-state index contributed by atoms with van der Waals surface area (Å²) in [5, 5.41) is 18.7. The lowest BCUT2D eigenvalue weighted by Crippen LogP contribution is -2.25. The molecule has 2 N–H and O–H groups in total. The molecule has 110 valence electrons. The van der Waals surface area contributed by atoms with E-state index in [1.54, 1.807) is 6.07 Å². The number of aryl methyl sites for hydroxylation is 1. The number of carboxylic acids is 1. The summed E-state index contributed by atoms with van der Waals surface area (Å²) in [5.41, 5.74) is -0.642. The van der Waals surface area contributed by atoms with Crippen molar-refractivity contribution in [3.63, 3.8) is 0 Å². The first-order valence-corrected chi connectivity index (χ1v) is 6.74. The number of aromatic hydroxyl groups is 1. The van der Waals surface area contributed by atoms with Crippen LogP contribution in [-0.4, -0.2) is 31.5 Å². The third kappa shape index (κ3) is 2.80. The zero-order chi connectivity index (χ0) is 15.7. The molecule has 2 aromatic heterocycles. The summed E-state index contributed by atoms with van der Waals surface area (Å²) in [6, 6.07) is 1.59. The zero-order valence-electron chi connectivity index (χ0n) is 11.0. The van der Waals surface area contributed by atoms with Crippen LogP contribution < -0.4 is 5.56 Å². The van der Waals surface area contributed by atoms with Gasteiger partial charge in [0.15, 0.2) is 11.5 Å². The Hall–Kier alpha value is -2.22. The molecule has 0 aliphatic carbocycles. The lowest BCUT2D eigenvalue weighted by Gasteiger charge is -2.10. The molecule has 0 aliphatic rings. The van der Waals surface area contributed by atoms with E-state index < -0.39 is 35.0 Å². The normalized spacial score (nSPS) is 10.8. The van der Waals surface area contributed by atoms with Gasteiger partial charge in [-0.15, -0.1) is 0 Å².